The fraction of sp³-hybridized carbons (Fsp3) is 0.400. The number of para-hydroxylation sites is 1. The van der Waals surface area contributed by atoms with E-state index in [1.54, 1.807) is 0 Å². The summed E-state index contributed by atoms with van der Waals surface area (Å²) < 4.78 is 11.1. The Balaban J connectivity index is 2.42. The van der Waals surface area contributed by atoms with Crippen molar-refractivity contribution in [1.29, 1.82) is 0 Å². The van der Waals surface area contributed by atoms with Crippen LogP contribution in [0.5, 0.6) is 11.5 Å². The third-order valence-electron chi connectivity index (χ3n) is 1.97. The number of fused-ring (bicyclic) bond motifs is 1. The number of aryl methyl sites for hydroxylation is 1. The topological polar surface area (TPSA) is 18.5 Å². The van der Waals surface area contributed by atoms with E-state index in [1.165, 1.54) is 0 Å². The molecule has 0 saturated carbocycles. The van der Waals surface area contributed by atoms with Gasteiger partial charge in [-0.2, -0.15) is 0 Å². The average Bonchev–Trinajstić information content (AvgIpc) is 2.04. The van der Waals surface area contributed by atoms with Crippen molar-refractivity contribution in [2.75, 3.05) is 6.61 Å². The zero-order valence-electron chi connectivity index (χ0n) is 7.33. The Morgan fingerprint density at radius 1 is 1.42 bits per heavy atom. The molecular formula is C10H12O2. The maximum atomic E-state index is 5.59. The summed E-state index contributed by atoms with van der Waals surface area (Å²) in [6.07, 6.45) is 0.166. The van der Waals surface area contributed by atoms with Crippen LogP contribution in [0.1, 0.15) is 12.5 Å². The Hall–Kier alpha value is -1.18. The van der Waals surface area contributed by atoms with Gasteiger partial charge in [0.15, 0.2) is 11.5 Å². The SMILES string of the molecule is Cc1cccc2c1OCC(C)O2. The van der Waals surface area contributed by atoms with Crippen molar-refractivity contribution in [3.63, 3.8) is 0 Å². The van der Waals surface area contributed by atoms with Gasteiger partial charge >= 0.3 is 0 Å². The molecule has 1 aliphatic heterocycles. The van der Waals surface area contributed by atoms with E-state index >= 15 is 0 Å². The Kier molecular flexibility index (Phi) is 1.68. The molecule has 2 rings (SSSR count). The van der Waals surface area contributed by atoms with E-state index in [9.17, 15) is 0 Å². The monoisotopic (exact) mass is 164 g/mol. The van der Waals surface area contributed by atoms with Gasteiger partial charge in [0, 0.05) is 0 Å². The van der Waals surface area contributed by atoms with Crippen LogP contribution in [0.4, 0.5) is 0 Å². The van der Waals surface area contributed by atoms with Crippen LogP contribution >= 0.6 is 0 Å². The Labute approximate surface area is 72.1 Å². The average molecular weight is 164 g/mol. The zero-order chi connectivity index (χ0) is 8.55. The Bertz CT molecular complexity index is 294. The van der Waals surface area contributed by atoms with Crippen molar-refractivity contribution in [3.8, 4) is 11.5 Å². The van der Waals surface area contributed by atoms with Gasteiger partial charge in [0.25, 0.3) is 0 Å². The lowest BCUT2D eigenvalue weighted by Crippen LogP contribution is -2.26. The number of ether oxygens (including phenoxy) is 2. The molecule has 12 heavy (non-hydrogen) atoms. The van der Waals surface area contributed by atoms with Gasteiger partial charge in [-0.25, -0.2) is 0 Å². The first-order valence-electron chi connectivity index (χ1n) is 4.16. The molecule has 0 spiro atoms. The van der Waals surface area contributed by atoms with Crippen molar-refractivity contribution in [1.82, 2.24) is 0 Å². The number of rotatable bonds is 0. The maximum absolute atomic E-state index is 5.59. The summed E-state index contributed by atoms with van der Waals surface area (Å²) in [5.74, 6) is 1.77. The molecule has 2 nitrogen and oxygen atoms in total. The van der Waals surface area contributed by atoms with Crippen LogP contribution in [0.2, 0.25) is 0 Å². The second-order valence-corrected chi connectivity index (χ2v) is 3.14. The summed E-state index contributed by atoms with van der Waals surface area (Å²) in [6.45, 7) is 4.68. The summed E-state index contributed by atoms with van der Waals surface area (Å²) in [5.41, 5.74) is 1.14. The van der Waals surface area contributed by atoms with Crippen LogP contribution < -0.4 is 9.47 Å². The number of hydrogen-bond acceptors (Lipinski definition) is 2. The lowest BCUT2D eigenvalue weighted by molar-refractivity contribution is 0.103. The molecule has 0 saturated heterocycles. The molecule has 0 aliphatic carbocycles. The minimum Gasteiger partial charge on any atom is -0.486 e. The lowest BCUT2D eigenvalue weighted by Gasteiger charge is -2.24. The van der Waals surface area contributed by atoms with Gasteiger partial charge in [0.05, 0.1) is 0 Å². The van der Waals surface area contributed by atoms with Crippen LogP contribution in [0, 0.1) is 6.92 Å². The second-order valence-electron chi connectivity index (χ2n) is 3.14. The summed E-state index contributed by atoms with van der Waals surface area (Å²) in [5, 5.41) is 0. The second kappa shape index (κ2) is 2.70. The highest BCUT2D eigenvalue weighted by molar-refractivity contribution is 5.46. The molecule has 0 aromatic heterocycles. The lowest BCUT2D eigenvalue weighted by atomic mass is 10.2. The maximum Gasteiger partial charge on any atom is 0.164 e. The molecule has 64 valence electrons. The van der Waals surface area contributed by atoms with Gasteiger partial charge in [-0.1, -0.05) is 12.1 Å². The van der Waals surface area contributed by atoms with Crippen LogP contribution in [0.25, 0.3) is 0 Å². The third kappa shape index (κ3) is 1.13. The summed E-state index contributed by atoms with van der Waals surface area (Å²) in [7, 11) is 0. The van der Waals surface area contributed by atoms with E-state index in [1.807, 2.05) is 32.0 Å². The van der Waals surface area contributed by atoms with E-state index < -0.39 is 0 Å². The van der Waals surface area contributed by atoms with Gasteiger partial charge < -0.3 is 9.47 Å². The molecule has 2 heteroatoms. The van der Waals surface area contributed by atoms with E-state index in [-0.39, 0.29) is 6.10 Å². The molecule has 0 radical (unpaired) electrons. The van der Waals surface area contributed by atoms with Crippen LogP contribution in [-0.2, 0) is 0 Å². The van der Waals surface area contributed by atoms with Gasteiger partial charge in [0.2, 0.25) is 0 Å². The highest BCUT2D eigenvalue weighted by Crippen LogP contribution is 2.34. The molecule has 1 aromatic rings. The van der Waals surface area contributed by atoms with E-state index in [2.05, 4.69) is 0 Å². The molecule has 0 amide bonds. The molecule has 1 aliphatic rings. The fourth-order valence-electron chi connectivity index (χ4n) is 1.35. The van der Waals surface area contributed by atoms with Crippen molar-refractivity contribution in [2.45, 2.75) is 20.0 Å². The van der Waals surface area contributed by atoms with E-state index in [0.29, 0.717) is 6.61 Å². The fourth-order valence-corrected chi connectivity index (χ4v) is 1.35. The number of benzene rings is 1. The van der Waals surface area contributed by atoms with Gasteiger partial charge in [-0.15, -0.1) is 0 Å². The quantitative estimate of drug-likeness (QED) is 0.585. The summed E-state index contributed by atoms with van der Waals surface area (Å²) in [6, 6.07) is 5.95. The molecule has 1 aromatic carbocycles. The molecule has 1 unspecified atom stereocenters. The van der Waals surface area contributed by atoms with Gasteiger partial charge in [-0.3, -0.25) is 0 Å². The Morgan fingerprint density at radius 3 is 3.08 bits per heavy atom. The smallest absolute Gasteiger partial charge is 0.164 e. The molecule has 0 fully saturated rings. The van der Waals surface area contributed by atoms with Crippen molar-refractivity contribution >= 4 is 0 Å². The van der Waals surface area contributed by atoms with E-state index in [0.717, 1.165) is 17.1 Å². The van der Waals surface area contributed by atoms with Crippen LogP contribution in [-0.4, -0.2) is 12.7 Å². The highest BCUT2D eigenvalue weighted by Gasteiger charge is 2.17. The van der Waals surface area contributed by atoms with Crippen LogP contribution in [0.3, 0.4) is 0 Å². The van der Waals surface area contributed by atoms with E-state index in [4.69, 9.17) is 9.47 Å². The first-order chi connectivity index (χ1) is 5.77. The first-order valence-corrected chi connectivity index (χ1v) is 4.16. The van der Waals surface area contributed by atoms with Crippen molar-refractivity contribution in [2.24, 2.45) is 0 Å². The minimum atomic E-state index is 0.166. The number of hydrogen-bond donors (Lipinski definition) is 0. The molecule has 0 bridgehead atoms. The predicted octanol–water partition coefficient (Wildman–Crippen LogP) is 2.15. The largest absolute Gasteiger partial charge is 0.486 e. The van der Waals surface area contributed by atoms with Crippen molar-refractivity contribution < 1.29 is 9.47 Å². The molecule has 1 heterocycles. The third-order valence-corrected chi connectivity index (χ3v) is 1.97. The Morgan fingerprint density at radius 2 is 2.25 bits per heavy atom. The molecule has 0 N–H and O–H groups in total. The van der Waals surface area contributed by atoms with Gasteiger partial charge in [0.1, 0.15) is 12.7 Å². The molecule has 1 atom stereocenters. The van der Waals surface area contributed by atoms with Crippen molar-refractivity contribution in [3.05, 3.63) is 23.8 Å². The van der Waals surface area contributed by atoms with Crippen LogP contribution in [0.15, 0.2) is 18.2 Å². The van der Waals surface area contributed by atoms with Gasteiger partial charge in [-0.05, 0) is 25.5 Å². The first kappa shape index (κ1) is 7.47. The summed E-state index contributed by atoms with van der Waals surface area (Å²) >= 11 is 0. The molecular weight excluding hydrogens is 152 g/mol. The standard InChI is InChI=1S/C10H12O2/c1-7-4-3-5-9-10(7)11-6-8(2)12-9/h3-5,8H,6H2,1-2H3. The summed E-state index contributed by atoms with van der Waals surface area (Å²) in [4.78, 5) is 0. The normalized spacial score (nSPS) is 20.7. The minimum absolute atomic E-state index is 0.166. The predicted molar refractivity (Wildman–Crippen MR) is 46.8 cm³/mol. The highest BCUT2D eigenvalue weighted by atomic mass is 16.6. The zero-order valence-corrected chi connectivity index (χ0v) is 7.33.